The van der Waals surface area contributed by atoms with E-state index in [1.807, 2.05) is 66.7 Å². The highest BCUT2D eigenvalue weighted by molar-refractivity contribution is 5.87. The van der Waals surface area contributed by atoms with E-state index < -0.39 is 12.0 Å². The molecule has 0 saturated heterocycles. The number of amides is 1. The maximum atomic E-state index is 12.6. The van der Waals surface area contributed by atoms with E-state index in [0.29, 0.717) is 12.2 Å². The Kier molecular flexibility index (Phi) is 5.09. The van der Waals surface area contributed by atoms with Crippen LogP contribution in [0.15, 0.2) is 72.8 Å². The van der Waals surface area contributed by atoms with Crippen LogP contribution in [0.4, 0.5) is 0 Å². The van der Waals surface area contributed by atoms with Crippen LogP contribution in [0.2, 0.25) is 0 Å². The fourth-order valence-electron chi connectivity index (χ4n) is 2.71. The van der Waals surface area contributed by atoms with E-state index in [1.54, 1.807) is 6.07 Å². The van der Waals surface area contributed by atoms with E-state index in [9.17, 15) is 9.59 Å². The third-order valence-electron chi connectivity index (χ3n) is 3.88. The van der Waals surface area contributed by atoms with Crippen molar-refractivity contribution >= 4 is 22.6 Å². The Morgan fingerprint density at radius 3 is 2.32 bits per heavy atom. The fourth-order valence-corrected chi connectivity index (χ4v) is 2.71. The first kappa shape index (κ1) is 16.7. The van der Waals surface area contributed by atoms with Crippen molar-refractivity contribution in [3.8, 4) is 5.75 Å². The number of hydrogen-bond donors (Lipinski definition) is 1. The number of fused-ring (bicyclic) bond motifs is 1. The third kappa shape index (κ3) is 4.44. The number of carbonyl (C=O) groups is 2. The Morgan fingerprint density at radius 2 is 1.60 bits per heavy atom. The number of carbonyl (C=O) groups excluding carboxylic acids is 2. The lowest BCUT2D eigenvalue weighted by molar-refractivity contribution is -0.139. The van der Waals surface area contributed by atoms with Crippen molar-refractivity contribution in [2.75, 3.05) is 0 Å². The molecule has 126 valence electrons. The molecule has 0 fully saturated rings. The second-order valence-corrected chi connectivity index (χ2v) is 5.87. The number of rotatable bonds is 5. The summed E-state index contributed by atoms with van der Waals surface area (Å²) in [5.74, 6) is -0.280. The maximum absolute atomic E-state index is 12.6. The molecule has 0 unspecified atom stereocenters. The summed E-state index contributed by atoms with van der Waals surface area (Å²) in [4.78, 5) is 24.0. The molecule has 3 aromatic carbocycles. The Hall–Kier alpha value is -3.14. The normalized spacial score (nSPS) is 11.7. The van der Waals surface area contributed by atoms with Gasteiger partial charge in [-0.3, -0.25) is 4.79 Å². The number of ether oxygens (including phenoxy) is 1. The highest BCUT2D eigenvalue weighted by atomic mass is 16.5. The molecule has 0 aliphatic rings. The van der Waals surface area contributed by atoms with Crippen molar-refractivity contribution in [2.24, 2.45) is 0 Å². The Labute approximate surface area is 146 Å². The van der Waals surface area contributed by atoms with Crippen LogP contribution in [0.3, 0.4) is 0 Å². The molecule has 0 heterocycles. The minimum absolute atomic E-state index is 0.267. The van der Waals surface area contributed by atoms with Crippen molar-refractivity contribution in [3.05, 3.63) is 78.4 Å². The smallest absolute Gasteiger partial charge is 0.334 e. The molecule has 1 N–H and O–H groups in total. The largest absolute Gasteiger partial charge is 0.425 e. The predicted octanol–water partition coefficient (Wildman–Crippen LogP) is 3.49. The summed E-state index contributed by atoms with van der Waals surface area (Å²) in [7, 11) is 0. The second-order valence-electron chi connectivity index (χ2n) is 5.87. The van der Waals surface area contributed by atoms with E-state index in [1.165, 1.54) is 6.92 Å². The lowest BCUT2D eigenvalue weighted by atomic mass is 10.1. The van der Waals surface area contributed by atoms with Gasteiger partial charge >= 0.3 is 5.97 Å². The highest BCUT2D eigenvalue weighted by Crippen LogP contribution is 2.21. The average Bonchev–Trinajstić information content (AvgIpc) is 2.61. The summed E-state index contributed by atoms with van der Waals surface area (Å²) in [6.45, 7) is 1.39. The van der Waals surface area contributed by atoms with Crippen LogP contribution in [0.25, 0.3) is 10.8 Å². The van der Waals surface area contributed by atoms with E-state index in [4.69, 9.17) is 4.74 Å². The van der Waals surface area contributed by atoms with Crippen molar-refractivity contribution in [2.45, 2.75) is 19.4 Å². The van der Waals surface area contributed by atoms with Crippen LogP contribution in [-0.4, -0.2) is 17.9 Å². The monoisotopic (exact) mass is 333 g/mol. The van der Waals surface area contributed by atoms with Gasteiger partial charge in [0.05, 0.1) is 0 Å². The van der Waals surface area contributed by atoms with Crippen LogP contribution < -0.4 is 10.1 Å². The third-order valence-corrected chi connectivity index (χ3v) is 3.88. The fraction of sp³-hybridized carbons (Fsp3) is 0.143. The van der Waals surface area contributed by atoms with Crippen LogP contribution in [0, 0.1) is 0 Å². The van der Waals surface area contributed by atoms with Crippen molar-refractivity contribution in [1.29, 1.82) is 0 Å². The summed E-state index contributed by atoms with van der Waals surface area (Å²) in [5, 5.41) is 4.74. The summed E-state index contributed by atoms with van der Waals surface area (Å²) in [6.07, 6.45) is 0.382. The lowest BCUT2D eigenvalue weighted by Gasteiger charge is -2.17. The zero-order valence-electron chi connectivity index (χ0n) is 13.9. The summed E-state index contributed by atoms with van der Waals surface area (Å²) < 4.78 is 5.50. The summed E-state index contributed by atoms with van der Waals surface area (Å²) in [6, 6.07) is 22.1. The van der Waals surface area contributed by atoms with Gasteiger partial charge in [-0.15, -0.1) is 0 Å². The molecule has 4 nitrogen and oxygen atoms in total. The van der Waals surface area contributed by atoms with Crippen LogP contribution >= 0.6 is 0 Å². The standard InChI is InChI=1S/C21H19NO3/c1-15(23)22-20(13-16-7-3-2-4-8-16)21(24)25-19-12-11-17-9-5-6-10-18(17)14-19/h2-12,14,20H,13H2,1H3,(H,22,23)/t20-/m1/s1. The summed E-state index contributed by atoms with van der Waals surface area (Å²) in [5.41, 5.74) is 0.955. The maximum Gasteiger partial charge on any atom is 0.334 e. The average molecular weight is 333 g/mol. The molecule has 0 aromatic heterocycles. The van der Waals surface area contributed by atoms with Gasteiger partial charge in [0.15, 0.2) is 0 Å². The molecule has 4 heteroatoms. The molecule has 1 atom stereocenters. The summed E-state index contributed by atoms with van der Waals surface area (Å²) >= 11 is 0. The Balaban J connectivity index is 1.77. The lowest BCUT2D eigenvalue weighted by Crippen LogP contribution is -2.43. The number of esters is 1. The minimum Gasteiger partial charge on any atom is -0.425 e. The predicted molar refractivity (Wildman–Crippen MR) is 97.3 cm³/mol. The number of hydrogen-bond acceptors (Lipinski definition) is 3. The number of benzene rings is 3. The Morgan fingerprint density at radius 1 is 0.920 bits per heavy atom. The quantitative estimate of drug-likeness (QED) is 0.574. The van der Waals surface area contributed by atoms with Gasteiger partial charge in [0.1, 0.15) is 11.8 Å². The SMILES string of the molecule is CC(=O)N[C@H](Cc1ccccc1)C(=O)Oc1ccc2ccccc2c1. The molecule has 0 aliphatic heterocycles. The van der Waals surface area contributed by atoms with Gasteiger partial charge in [-0.05, 0) is 28.5 Å². The topological polar surface area (TPSA) is 55.4 Å². The molecule has 25 heavy (non-hydrogen) atoms. The first-order valence-corrected chi connectivity index (χ1v) is 8.13. The molecular formula is C21H19NO3. The first-order valence-electron chi connectivity index (χ1n) is 8.13. The van der Waals surface area contributed by atoms with Gasteiger partial charge in [-0.2, -0.15) is 0 Å². The molecular weight excluding hydrogens is 314 g/mol. The van der Waals surface area contributed by atoms with Gasteiger partial charge in [0.25, 0.3) is 0 Å². The van der Waals surface area contributed by atoms with Crippen LogP contribution in [0.5, 0.6) is 5.75 Å². The van der Waals surface area contributed by atoms with Crippen molar-refractivity contribution in [3.63, 3.8) is 0 Å². The molecule has 3 aromatic rings. The molecule has 1 amide bonds. The molecule has 0 saturated carbocycles. The van der Waals surface area contributed by atoms with E-state index in [-0.39, 0.29) is 5.91 Å². The molecule has 0 radical (unpaired) electrons. The van der Waals surface area contributed by atoms with Crippen LogP contribution in [-0.2, 0) is 16.0 Å². The zero-order valence-corrected chi connectivity index (χ0v) is 13.9. The van der Waals surface area contributed by atoms with Crippen LogP contribution in [0.1, 0.15) is 12.5 Å². The highest BCUT2D eigenvalue weighted by Gasteiger charge is 2.22. The van der Waals surface area contributed by atoms with Gasteiger partial charge in [0.2, 0.25) is 5.91 Å². The van der Waals surface area contributed by atoms with Gasteiger partial charge in [0, 0.05) is 13.3 Å². The molecule has 0 bridgehead atoms. The molecule has 3 rings (SSSR count). The molecule has 0 spiro atoms. The van der Waals surface area contributed by atoms with Gasteiger partial charge in [-0.1, -0.05) is 60.7 Å². The number of nitrogens with one attached hydrogen (secondary N) is 1. The first-order chi connectivity index (χ1) is 12.1. The van der Waals surface area contributed by atoms with Crippen molar-refractivity contribution < 1.29 is 14.3 Å². The van der Waals surface area contributed by atoms with Gasteiger partial charge in [-0.25, -0.2) is 4.79 Å². The van der Waals surface area contributed by atoms with E-state index in [0.717, 1.165) is 16.3 Å². The van der Waals surface area contributed by atoms with Crippen molar-refractivity contribution in [1.82, 2.24) is 5.32 Å². The van der Waals surface area contributed by atoms with E-state index >= 15 is 0 Å². The zero-order chi connectivity index (χ0) is 17.6. The Bertz CT molecular complexity index is 890. The minimum atomic E-state index is -0.730. The van der Waals surface area contributed by atoms with E-state index in [2.05, 4.69) is 5.32 Å². The molecule has 0 aliphatic carbocycles. The van der Waals surface area contributed by atoms with Gasteiger partial charge < -0.3 is 10.1 Å². The second kappa shape index (κ2) is 7.62.